The Kier molecular flexibility index (Phi) is 6.44. The molecule has 7 nitrogen and oxygen atoms in total. The van der Waals surface area contributed by atoms with Gasteiger partial charge in [0.05, 0.1) is 6.04 Å². The first-order valence-corrected chi connectivity index (χ1v) is 10.9. The summed E-state index contributed by atoms with van der Waals surface area (Å²) in [6, 6.07) is 11.6. The number of oxazole rings is 1. The van der Waals surface area contributed by atoms with Crippen molar-refractivity contribution < 1.29 is 23.1 Å². The lowest BCUT2D eigenvalue weighted by Gasteiger charge is -2.37. The monoisotopic (exact) mass is 451 g/mol. The molecule has 1 aliphatic rings. The Bertz CT molecular complexity index is 1180. The lowest BCUT2D eigenvalue weighted by molar-refractivity contribution is -0.130. The zero-order valence-corrected chi connectivity index (χ0v) is 18.9. The van der Waals surface area contributed by atoms with E-state index in [1.54, 1.807) is 22.9 Å². The van der Waals surface area contributed by atoms with Crippen LogP contribution in [0.1, 0.15) is 53.0 Å². The summed E-state index contributed by atoms with van der Waals surface area (Å²) in [7, 11) is 1.69. The van der Waals surface area contributed by atoms with Crippen molar-refractivity contribution in [1.29, 1.82) is 0 Å². The Balaban J connectivity index is 1.58. The SMILES string of the molecule is CCN(C)C(=O)c1coc(COc2ccc3c(c2)C(c2cccc(F)c2)N(C(C)=O)CC3)n1. The predicted molar refractivity (Wildman–Crippen MR) is 119 cm³/mol. The Hall–Kier alpha value is -3.68. The van der Waals surface area contributed by atoms with Gasteiger partial charge < -0.3 is 19.0 Å². The maximum atomic E-state index is 14.0. The molecule has 8 heteroatoms. The van der Waals surface area contributed by atoms with Gasteiger partial charge in [0.2, 0.25) is 11.8 Å². The van der Waals surface area contributed by atoms with Crippen molar-refractivity contribution in [2.24, 2.45) is 0 Å². The van der Waals surface area contributed by atoms with Crippen LogP contribution in [0.15, 0.2) is 53.1 Å². The van der Waals surface area contributed by atoms with Gasteiger partial charge in [0.25, 0.3) is 5.91 Å². The van der Waals surface area contributed by atoms with Crippen LogP contribution in [0.2, 0.25) is 0 Å². The molecule has 1 atom stereocenters. The number of nitrogens with zero attached hydrogens (tertiary/aromatic N) is 3. The second-order valence-electron chi connectivity index (χ2n) is 8.02. The molecule has 4 rings (SSSR count). The number of fused-ring (bicyclic) bond motifs is 1. The van der Waals surface area contributed by atoms with E-state index in [4.69, 9.17) is 9.15 Å². The Morgan fingerprint density at radius 1 is 1.27 bits per heavy atom. The lowest BCUT2D eigenvalue weighted by atomic mass is 9.88. The highest BCUT2D eigenvalue weighted by atomic mass is 19.1. The van der Waals surface area contributed by atoms with Gasteiger partial charge in [-0.1, -0.05) is 18.2 Å². The summed E-state index contributed by atoms with van der Waals surface area (Å²) >= 11 is 0. The van der Waals surface area contributed by atoms with Crippen LogP contribution in [0.4, 0.5) is 4.39 Å². The summed E-state index contributed by atoms with van der Waals surface area (Å²) in [5.74, 6) is 0.210. The molecule has 3 aromatic rings. The molecule has 1 aliphatic heterocycles. The van der Waals surface area contributed by atoms with Crippen LogP contribution in [-0.2, 0) is 17.8 Å². The highest BCUT2D eigenvalue weighted by molar-refractivity contribution is 5.91. The predicted octanol–water partition coefficient (Wildman–Crippen LogP) is 3.98. The van der Waals surface area contributed by atoms with Crippen molar-refractivity contribution in [3.05, 3.63) is 82.8 Å². The minimum Gasteiger partial charge on any atom is -0.484 e. The molecule has 33 heavy (non-hydrogen) atoms. The molecule has 1 unspecified atom stereocenters. The maximum absolute atomic E-state index is 14.0. The minimum atomic E-state index is -0.402. The van der Waals surface area contributed by atoms with E-state index < -0.39 is 6.04 Å². The van der Waals surface area contributed by atoms with Crippen LogP contribution >= 0.6 is 0 Å². The van der Waals surface area contributed by atoms with E-state index in [1.807, 2.05) is 31.2 Å². The lowest BCUT2D eigenvalue weighted by Crippen LogP contribution is -2.39. The Morgan fingerprint density at radius 2 is 2.09 bits per heavy atom. The number of ether oxygens (including phenoxy) is 1. The summed E-state index contributed by atoms with van der Waals surface area (Å²) in [6.07, 6.45) is 2.03. The molecule has 0 bridgehead atoms. The van der Waals surface area contributed by atoms with Crippen LogP contribution < -0.4 is 4.74 Å². The first kappa shape index (κ1) is 22.5. The maximum Gasteiger partial charge on any atom is 0.275 e. The molecule has 0 radical (unpaired) electrons. The van der Waals surface area contributed by atoms with Crippen LogP contribution in [0.25, 0.3) is 0 Å². The van der Waals surface area contributed by atoms with Crippen molar-refractivity contribution in [2.45, 2.75) is 32.9 Å². The average molecular weight is 451 g/mol. The van der Waals surface area contributed by atoms with Crippen molar-refractivity contribution in [2.75, 3.05) is 20.1 Å². The quantitative estimate of drug-likeness (QED) is 0.567. The molecule has 172 valence electrons. The third-order valence-corrected chi connectivity index (χ3v) is 5.87. The molecule has 0 spiro atoms. The van der Waals surface area contributed by atoms with E-state index in [9.17, 15) is 14.0 Å². The molecule has 0 saturated carbocycles. The highest BCUT2D eigenvalue weighted by Crippen LogP contribution is 2.37. The minimum absolute atomic E-state index is 0.0446. The zero-order chi connectivity index (χ0) is 23.5. The number of carbonyl (C=O) groups excluding carboxylic acids is 2. The van der Waals surface area contributed by atoms with Gasteiger partial charge in [0.1, 0.15) is 17.8 Å². The van der Waals surface area contributed by atoms with Gasteiger partial charge in [-0.3, -0.25) is 9.59 Å². The Labute approximate surface area is 191 Å². The summed E-state index contributed by atoms with van der Waals surface area (Å²) in [5, 5.41) is 0. The number of aromatic nitrogens is 1. The molecule has 0 saturated heterocycles. The van der Waals surface area contributed by atoms with Gasteiger partial charge in [-0.25, -0.2) is 9.37 Å². The molecule has 0 fully saturated rings. The van der Waals surface area contributed by atoms with Crippen LogP contribution in [0, 0.1) is 5.82 Å². The fourth-order valence-corrected chi connectivity index (χ4v) is 4.02. The van der Waals surface area contributed by atoms with E-state index in [-0.39, 0.29) is 35.8 Å². The van der Waals surface area contributed by atoms with Crippen LogP contribution in [0.3, 0.4) is 0 Å². The number of hydrogen-bond donors (Lipinski definition) is 0. The van der Waals surface area contributed by atoms with Gasteiger partial charge in [-0.15, -0.1) is 0 Å². The standard InChI is InChI=1S/C25H26FN3O4/c1-4-28(3)25(31)22-14-33-23(27-22)15-32-20-9-8-17-10-11-29(16(2)30)24(21(17)13-20)18-6-5-7-19(26)12-18/h5-9,12-14,24H,4,10-11,15H2,1-3H3. The summed E-state index contributed by atoms with van der Waals surface area (Å²) in [5.41, 5.74) is 2.92. The number of rotatable bonds is 6. The summed E-state index contributed by atoms with van der Waals surface area (Å²) in [4.78, 5) is 32.1. The molecular formula is C25H26FN3O4. The number of carbonyl (C=O) groups is 2. The van der Waals surface area contributed by atoms with E-state index in [2.05, 4.69) is 4.98 Å². The third kappa shape index (κ3) is 4.74. The van der Waals surface area contributed by atoms with E-state index in [0.29, 0.717) is 30.8 Å². The van der Waals surface area contributed by atoms with E-state index in [0.717, 1.165) is 11.1 Å². The van der Waals surface area contributed by atoms with Crippen LogP contribution in [0.5, 0.6) is 5.75 Å². The molecule has 1 aromatic heterocycles. The fourth-order valence-electron chi connectivity index (χ4n) is 4.02. The topological polar surface area (TPSA) is 75.9 Å². The molecule has 2 amide bonds. The summed E-state index contributed by atoms with van der Waals surface area (Å²) in [6.45, 7) is 4.57. The number of hydrogen-bond acceptors (Lipinski definition) is 5. The largest absolute Gasteiger partial charge is 0.484 e. The smallest absolute Gasteiger partial charge is 0.275 e. The van der Waals surface area contributed by atoms with Gasteiger partial charge in [-0.2, -0.15) is 0 Å². The zero-order valence-electron chi connectivity index (χ0n) is 18.9. The van der Waals surface area contributed by atoms with Crippen molar-refractivity contribution in [3.63, 3.8) is 0 Å². The van der Waals surface area contributed by atoms with Crippen LogP contribution in [-0.4, -0.2) is 46.7 Å². The van der Waals surface area contributed by atoms with Crippen molar-refractivity contribution >= 4 is 11.8 Å². The number of amides is 2. The molecule has 0 N–H and O–H groups in total. The Morgan fingerprint density at radius 3 is 2.82 bits per heavy atom. The number of halogens is 1. The normalized spacial score (nSPS) is 15.2. The van der Waals surface area contributed by atoms with E-state index >= 15 is 0 Å². The number of benzene rings is 2. The molecule has 0 aliphatic carbocycles. The first-order chi connectivity index (χ1) is 15.9. The van der Waals surface area contributed by atoms with Gasteiger partial charge in [-0.05, 0) is 54.3 Å². The van der Waals surface area contributed by atoms with Gasteiger partial charge in [0, 0.05) is 27.1 Å². The average Bonchev–Trinajstić information content (AvgIpc) is 3.29. The molecular weight excluding hydrogens is 425 g/mol. The first-order valence-electron chi connectivity index (χ1n) is 10.9. The van der Waals surface area contributed by atoms with Gasteiger partial charge >= 0.3 is 0 Å². The summed E-state index contributed by atoms with van der Waals surface area (Å²) < 4.78 is 25.2. The third-order valence-electron chi connectivity index (χ3n) is 5.87. The second kappa shape index (κ2) is 9.44. The van der Waals surface area contributed by atoms with Crippen molar-refractivity contribution in [3.8, 4) is 5.75 Å². The molecule has 2 heterocycles. The van der Waals surface area contributed by atoms with E-state index in [1.165, 1.54) is 25.3 Å². The fraction of sp³-hybridized carbons (Fsp3) is 0.320. The van der Waals surface area contributed by atoms with Crippen molar-refractivity contribution in [1.82, 2.24) is 14.8 Å². The molecule has 2 aromatic carbocycles. The second-order valence-corrected chi connectivity index (χ2v) is 8.02. The highest BCUT2D eigenvalue weighted by Gasteiger charge is 2.31. The van der Waals surface area contributed by atoms with Gasteiger partial charge in [0.15, 0.2) is 12.3 Å².